The van der Waals surface area contributed by atoms with Gasteiger partial charge in [0.2, 0.25) is 5.91 Å². The number of nitrogens with one attached hydrogen (secondary N) is 2. The monoisotopic (exact) mass is 540 g/mol. The molecule has 2 N–H and O–H groups in total. The van der Waals surface area contributed by atoms with Gasteiger partial charge in [-0.2, -0.15) is 18.3 Å². The Bertz CT molecular complexity index is 1300. The zero-order valence-electron chi connectivity index (χ0n) is 20.7. The highest BCUT2D eigenvalue weighted by Crippen LogP contribution is 2.42. The summed E-state index contributed by atoms with van der Waals surface area (Å²) in [4.78, 5) is 13.1. The molecule has 6 nitrogen and oxygen atoms in total. The van der Waals surface area contributed by atoms with Crippen LogP contribution in [0.3, 0.4) is 0 Å². The minimum atomic E-state index is -4.89. The Hall–Kier alpha value is -3.54. The van der Waals surface area contributed by atoms with E-state index in [4.69, 9.17) is 0 Å². The summed E-state index contributed by atoms with van der Waals surface area (Å²) in [5.41, 5.74) is -0.132. The zero-order chi connectivity index (χ0) is 27.9. The Kier molecular flexibility index (Phi) is 7.21. The van der Waals surface area contributed by atoms with Gasteiger partial charge in [0, 0.05) is 29.9 Å². The molecule has 0 spiro atoms. The minimum absolute atomic E-state index is 0.0784. The molecule has 0 unspecified atom stereocenters. The molecule has 1 saturated heterocycles. The highest BCUT2D eigenvalue weighted by atomic mass is 19.4. The number of carbonyl (C=O) groups excluding carboxylic acids is 1. The predicted octanol–water partition coefficient (Wildman–Crippen LogP) is 6.38. The Balaban J connectivity index is 1.61. The molecule has 3 atom stereocenters. The van der Waals surface area contributed by atoms with Gasteiger partial charge in [0.05, 0.1) is 22.8 Å². The van der Waals surface area contributed by atoms with Crippen LogP contribution in [0.2, 0.25) is 0 Å². The van der Waals surface area contributed by atoms with Crippen LogP contribution in [0.5, 0.6) is 5.75 Å². The lowest BCUT2D eigenvalue weighted by atomic mass is 9.90. The molecule has 0 radical (unpaired) electrons. The highest BCUT2D eigenvalue weighted by Gasteiger charge is 2.41. The largest absolute Gasteiger partial charge is 0.573 e. The van der Waals surface area contributed by atoms with Gasteiger partial charge in [-0.1, -0.05) is 18.2 Å². The van der Waals surface area contributed by atoms with E-state index in [9.17, 15) is 31.1 Å². The van der Waals surface area contributed by atoms with Gasteiger partial charge in [-0.3, -0.25) is 14.8 Å². The second-order valence-electron chi connectivity index (χ2n) is 10.1. The Morgan fingerprint density at radius 2 is 1.74 bits per heavy atom. The number of carbonyl (C=O) groups is 1. The quantitative estimate of drug-likeness (QED) is 0.369. The number of hydrogen-bond donors (Lipinski definition) is 2. The highest BCUT2D eigenvalue weighted by molar-refractivity contribution is 5.95. The Morgan fingerprint density at radius 3 is 2.37 bits per heavy atom. The van der Waals surface area contributed by atoms with Gasteiger partial charge >= 0.3 is 12.5 Å². The molecule has 3 aromatic rings. The molecule has 0 aliphatic carbocycles. The molecule has 38 heavy (non-hydrogen) atoms. The van der Waals surface area contributed by atoms with Gasteiger partial charge in [-0.15, -0.1) is 13.2 Å². The normalized spacial score (nSPS) is 20.4. The maximum absolute atomic E-state index is 13.4. The number of alkyl halides is 6. The van der Waals surface area contributed by atoms with E-state index in [-0.39, 0.29) is 17.6 Å². The maximum Gasteiger partial charge on any atom is 0.573 e. The van der Waals surface area contributed by atoms with Crippen LogP contribution in [0, 0.1) is 0 Å². The predicted molar refractivity (Wildman–Crippen MR) is 127 cm³/mol. The van der Waals surface area contributed by atoms with Crippen LogP contribution in [0.4, 0.5) is 32.0 Å². The van der Waals surface area contributed by atoms with E-state index < -0.39 is 47.8 Å². The van der Waals surface area contributed by atoms with E-state index in [1.54, 1.807) is 23.0 Å². The molecule has 1 aliphatic rings. The van der Waals surface area contributed by atoms with Crippen molar-refractivity contribution in [2.75, 3.05) is 5.32 Å². The van der Waals surface area contributed by atoms with Crippen molar-refractivity contribution in [3.63, 3.8) is 0 Å². The van der Waals surface area contributed by atoms with Crippen molar-refractivity contribution in [1.82, 2.24) is 15.1 Å². The molecule has 204 valence electrons. The van der Waals surface area contributed by atoms with Gasteiger partial charge in [-0.05, 0) is 63.1 Å². The molecular formula is C26H26F6N4O2. The molecule has 1 aromatic heterocycles. The topological polar surface area (TPSA) is 68.2 Å². The second-order valence-corrected chi connectivity index (χ2v) is 10.1. The van der Waals surface area contributed by atoms with E-state index in [1.807, 2.05) is 20.8 Å². The number of rotatable bonds is 5. The fourth-order valence-electron chi connectivity index (χ4n) is 4.41. The van der Waals surface area contributed by atoms with Gasteiger partial charge in [0.15, 0.2) is 0 Å². The molecule has 12 heteroatoms. The first-order chi connectivity index (χ1) is 17.6. The van der Waals surface area contributed by atoms with E-state index in [2.05, 4.69) is 20.5 Å². The van der Waals surface area contributed by atoms with E-state index in [0.717, 1.165) is 24.3 Å². The lowest BCUT2D eigenvalue weighted by Crippen LogP contribution is -2.36. The van der Waals surface area contributed by atoms with Crippen molar-refractivity contribution in [1.29, 1.82) is 0 Å². The van der Waals surface area contributed by atoms with Crippen LogP contribution in [-0.2, 0) is 16.5 Å². The first-order valence-corrected chi connectivity index (χ1v) is 11.8. The molecule has 2 heterocycles. The van der Waals surface area contributed by atoms with Crippen molar-refractivity contribution in [2.24, 2.45) is 0 Å². The average molecular weight is 541 g/mol. The van der Waals surface area contributed by atoms with Crippen LogP contribution in [0.15, 0.2) is 60.8 Å². The summed E-state index contributed by atoms with van der Waals surface area (Å²) in [6.45, 7) is 5.86. The number of ether oxygens (including phenoxy) is 1. The summed E-state index contributed by atoms with van der Waals surface area (Å²) in [5, 5.41) is 10.3. The first-order valence-electron chi connectivity index (χ1n) is 11.8. The number of aromatic nitrogens is 2. The van der Waals surface area contributed by atoms with Crippen molar-refractivity contribution in [3.8, 4) is 5.75 Å². The minimum Gasteiger partial charge on any atom is -0.406 e. The molecule has 2 aromatic carbocycles. The van der Waals surface area contributed by atoms with Crippen molar-refractivity contribution < 1.29 is 35.9 Å². The molecule has 0 bridgehead atoms. The summed E-state index contributed by atoms with van der Waals surface area (Å²) < 4.78 is 83.6. The molecule has 0 saturated carbocycles. The van der Waals surface area contributed by atoms with Crippen LogP contribution < -0.4 is 15.4 Å². The second kappa shape index (κ2) is 9.97. The molecular weight excluding hydrogens is 514 g/mol. The van der Waals surface area contributed by atoms with Crippen LogP contribution >= 0.6 is 0 Å². The number of amides is 1. The third-order valence-corrected chi connectivity index (χ3v) is 6.17. The lowest BCUT2D eigenvalue weighted by Gasteiger charge is -2.21. The van der Waals surface area contributed by atoms with Crippen LogP contribution in [-0.4, -0.2) is 28.1 Å². The Morgan fingerprint density at radius 1 is 1.03 bits per heavy atom. The third kappa shape index (κ3) is 6.47. The standard InChI is InChI=1S/C26H26F6N4O2/c1-24(2,3)36-11-10-20(35-36)19-14-21(34-22(19)15-6-4-7-16(12-15)25(27,28)29)23(37)33-17-8-5-9-18(13-17)38-26(30,31)32/h4-13,19,21-22,34H,14H2,1-3H3,(H,33,37)/t19-,21-,22-/m0/s1. The maximum atomic E-state index is 13.4. The van der Waals surface area contributed by atoms with Gasteiger partial charge in [0.1, 0.15) is 5.75 Å². The lowest BCUT2D eigenvalue weighted by molar-refractivity contribution is -0.274. The smallest absolute Gasteiger partial charge is 0.406 e. The van der Waals surface area contributed by atoms with Crippen molar-refractivity contribution in [3.05, 3.63) is 77.6 Å². The molecule has 1 aliphatic heterocycles. The fourth-order valence-corrected chi connectivity index (χ4v) is 4.41. The number of hydrogen-bond acceptors (Lipinski definition) is 4. The zero-order valence-corrected chi connectivity index (χ0v) is 20.7. The van der Waals surface area contributed by atoms with Gasteiger partial charge < -0.3 is 10.1 Å². The van der Waals surface area contributed by atoms with Crippen molar-refractivity contribution in [2.45, 2.75) is 63.3 Å². The molecule has 4 rings (SSSR count). The summed E-state index contributed by atoms with van der Waals surface area (Å²) >= 11 is 0. The number of halogens is 6. The average Bonchev–Trinajstić information content (AvgIpc) is 3.45. The SMILES string of the molecule is CC(C)(C)n1ccc([C@@H]2C[C@@H](C(=O)Nc3cccc(OC(F)(F)F)c3)N[C@H]2c2cccc(C(F)(F)F)c2)n1. The van der Waals surface area contributed by atoms with Crippen molar-refractivity contribution >= 4 is 11.6 Å². The summed E-state index contributed by atoms with van der Waals surface area (Å²) in [6.07, 6.45) is -7.46. The first kappa shape index (κ1) is 27.5. The van der Waals surface area contributed by atoms with Gasteiger partial charge in [0.25, 0.3) is 0 Å². The van der Waals surface area contributed by atoms with E-state index in [1.165, 1.54) is 18.2 Å². The van der Waals surface area contributed by atoms with E-state index in [0.29, 0.717) is 11.3 Å². The van der Waals surface area contributed by atoms with E-state index >= 15 is 0 Å². The fraction of sp³-hybridized carbons (Fsp3) is 0.385. The van der Waals surface area contributed by atoms with Crippen LogP contribution in [0.25, 0.3) is 0 Å². The number of nitrogens with zero attached hydrogens (tertiary/aromatic N) is 2. The number of benzene rings is 2. The van der Waals surface area contributed by atoms with Crippen LogP contribution in [0.1, 0.15) is 56.0 Å². The van der Waals surface area contributed by atoms with Gasteiger partial charge in [-0.25, -0.2) is 0 Å². The third-order valence-electron chi connectivity index (χ3n) is 6.17. The Labute approximate surface area is 215 Å². The summed E-state index contributed by atoms with van der Waals surface area (Å²) in [6, 6.07) is 9.97. The molecule has 1 amide bonds. The summed E-state index contributed by atoms with van der Waals surface area (Å²) in [5.74, 6) is -1.50. The molecule has 1 fully saturated rings. The summed E-state index contributed by atoms with van der Waals surface area (Å²) in [7, 11) is 0. The number of anilines is 1.